The molecular weight excluding hydrogens is 232 g/mol. The van der Waals surface area contributed by atoms with E-state index in [1.54, 1.807) is 24.7 Å². The monoisotopic (exact) mass is 241 g/mol. The van der Waals surface area contributed by atoms with Gasteiger partial charge in [-0.1, -0.05) is 17.9 Å². The van der Waals surface area contributed by atoms with Crippen LogP contribution in [0, 0.1) is 0 Å². The molecule has 90 valence electrons. The van der Waals surface area contributed by atoms with Crippen molar-refractivity contribution in [3.05, 3.63) is 53.9 Å². The van der Waals surface area contributed by atoms with Gasteiger partial charge in [0.1, 0.15) is 0 Å². The Morgan fingerprint density at radius 1 is 1.39 bits per heavy atom. The van der Waals surface area contributed by atoms with E-state index in [4.69, 9.17) is 5.11 Å². The fourth-order valence-electron chi connectivity index (χ4n) is 1.37. The van der Waals surface area contributed by atoms with Crippen molar-refractivity contribution in [1.82, 2.24) is 4.98 Å². The third-order valence-corrected chi connectivity index (χ3v) is 2.24. The summed E-state index contributed by atoms with van der Waals surface area (Å²) in [6, 6.07) is 7.50. The van der Waals surface area contributed by atoms with Crippen LogP contribution in [0.5, 0.6) is 5.75 Å². The van der Waals surface area contributed by atoms with Crippen LogP contribution in [0.15, 0.2) is 47.7 Å². The SMILES string of the molecule is O=C(O)c1cc(N=Cc2cccnc2)ccc1[O-]. The van der Waals surface area contributed by atoms with Gasteiger partial charge in [0.2, 0.25) is 0 Å². The van der Waals surface area contributed by atoms with Crippen LogP contribution in [-0.4, -0.2) is 22.3 Å². The molecule has 1 aromatic carbocycles. The van der Waals surface area contributed by atoms with E-state index in [2.05, 4.69) is 9.98 Å². The van der Waals surface area contributed by atoms with Crippen LogP contribution in [0.4, 0.5) is 5.69 Å². The number of nitrogens with zero attached hydrogens (tertiary/aromatic N) is 2. The van der Waals surface area contributed by atoms with E-state index >= 15 is 0 Å². The highest BCUT2D eigenvalue weighted by molar-refractivity contribution is 5.92. The van der Waals surface area contributed by atoms with Gasteiger partial charge in [0.25, 0.3) is 0 Å². The molecule has 0 fully saturated rings. The van der Waals surface area contributed by atoms with Gasteiger partial charge in [0.15, 0.2) is 0 Å². The molecule has 0 amide bonds. The van der Waals surface area contributed by atoms with Gasteiger partial charge in [-0.3, -0.25) is 9.98 Å². The highest BCUT2D eigenvalue weighted by Crippen LogP contribution is 2.21. The minimum atomic E-state index is -1.25. The minimum absolute atomic E-state index is 0.282. The van der Waals surface area contributed by atoms with Gasteiger partial charge in [-0.15, -0.1) is 0 Å². The smallest absolute Gasteiger partial charge is 0.335 e. The van der Waals surface area contributed by atoms with E-state index in [0.717, 1.165) is 5.56 Å². The average molecular weight is 241 g/mol. The molecule has 0 atom stereocenters. The summed E-state index contributed by atoms with van der Waals surface area (Å²) in [7, 11) is 0. The fourth-order valence-corrected chi connectivity index (χ4v) is 1.37. The Hall–Kier alpha value is -2.69. The largest absolute Gasteiger partial charge is 0.872 e. The van der Waals surface area contributed by atoms with Crippen molar-refractivity contribution in [3.63, 3.8) is 0 Å². The summed E-state index contributed by atoms with van der Waals surface area (Å²) < 4.78 is 0. The van der Waals surface area contributed by atoms with Gasteiger partial charge in [0, 0.05) is 24.2 Å². The molecule has 0 bridgehead atoms. The number of pyridine rings is 1. The number of carbonyl (C=O) groups is 1. The molecule has 18 heavy (non-hydrogen) atoms. The van der Waals surface area contributed by atoms with Gasteiger partial charge in [-0.2, -0.15) is 0 Å². The van der Waals surface area contributed by atoms with Gasteiger partial charge < -0.3 is 10.2 Å². The normalized spacial score (nSPS) is 10.7. The zero-order valence-corrected chi connectivity index (χ0v) is 9.28. The molecule has 2 aromatic rings. The second-order valence-corrected chi connectivity index (χ2v) is 3.53. The third kappa shape index (κ3) is 2.70. The number of aromatic carboxylic acids is 1. The van der Waals surface area contributed by atoms with Crippen LogP contribution in [0.1, 0.15) is 15.9 Å². The topological polar surface area (TPSA) is 85.6 Å². The molecule has 0 spiro atoms. The lowest BCUT2D eigenvalue weighted by molar-refractivity contribution is -0.268. The molecule has 0 radical (unpaired) electrons. The summed E-state index contributed by atoms with van der Waals surface area (Å²) in [4.78, 5) is 18.8. The van der Waals surface area contributed by atoms with E-state index < -0.39 is 11.7 Å². The molecule has 0 saturated heterocycles. The second-order valence-electron chi connectivity index (χ2n) is 3.53. The summed E-state index contributed by atoms with van der Waals surface area (Å²) in [6.45, 7) is 0. The molecular formula is C13H9N2O3-. The lowest BCUT2D eigenvalue weighted by Gasteiger charge is -2.09. The minimum Gasteiger partial charge on any atom is -0.872 e. The predicted octanol–water partition coefficient (Wildman–Crippen LogP) is 1.60. The number of aliphatic imine (C=N–C) groups is 1. The Labute approximate surface area is 103 Å². The van der Waals surface area contributed by atoms with Gasteiger partial charge >= 0.3 is 5.97 Å². The summed E-state index contributed by atoms with van der Waals surface area (Å²) in [5.74, 6) is -1.78. The van der Waals surface area contributed by atoms with E-state index in [9.17, 15) is 9.90 Å². The van der Waals surface area contributed by atoms with Crippen LogP contribution in [0.2, 0.25) is 0 Å². The first-order valence-electron chi connectivity index (χ1n) is 5.15. The maximum Gasteiger partial charge on any atom is 0.335 e. The summed E-state index contributed by atoms with van der Waals surface area (Å²) >= 11 is 0. The number of benzene rings is 1. The van der Waals surface area contributed by atoms with Gasteiger partial charge in [-0.25, -0.2) is 4.79 Å². The molecule has 1 aromatic heterocycles. The van der Waals surface area contributed by atoms with E-state index in [1.807, 2.05) is 6.07 Å². The van der Waals surface area contributed by atoms with E-state index in [1.165, 1.54) is 18.2 Å². The quantitative estimate of drug-likeness (QED) is 0.827. The lowest BCUT2D eigenvalue weighted by Crippen LogP contribution is -2.02. The molecule has 1 heterocycles. The van der Waals surface area contributed by atoms with E-state index in [0.29, 0.717) is 5.69 Å². The number of hydrogen-bond acceptors (Lipinski definition) is 4. The molecule has 0 aliphatic rings. The van der Waals surface area contributed by atoms with Crippen LogP contribution >= 0.6 is 0 Å². The molecule has 1 N–H and O–H groups in total. The summed E-state index contributed by atoms with van der Waals surface area (Å²) in [5, 5.41) is 20.1. The van der Waals surface area contributed by atoms with Crippen molar-refractivity contribution in [2.24, 2.45) is 4.99 Å². The first-order valence-corrected chi connectivity index (χ1v) is 5.15. The number of carboxylic acid groups (broad SMARTS) is 1. The number of carboxylic acids is 1. The molecule has 0 unspecified atom stereocenters. The summed E-state index contributed by atoms with van der Waals surface area (Å²) in [6.07, 6.45) is 4.83. The lowest BCUT2D eigenvalue weighted by atomic mass is 10.2. The fraction of sp³-hybridized carbons (Fsp3) is 0. The van der Waals surface area contributed by atoms with E-state index in [-0.39, 0.29) is 5.56 Å². The Bertz CT molecular complexity index is 594. The average Bonchev–Trinajstić information content (AvgIpc) is 2.38. The predicted molar refractivity (Wildman–Crippen MR) is 64.3 cm³/mol. The highest BCUT2D eigenvalue weighted by Gasteiger charge is 2.04. The van der Waals surface area contributed by atoms with Crippen LogP contribution in [0.25, 0.3) is 0 Å². The van der Waals surface area contributed by atoms with Crippen molar-refractivity contribution in [2.75, 3.05) is 0 Å². The molecule has 2 rings (SSSR count). The zero-order chi connectivity index (χ0) is 13.0. The van der Waals surface area contributed by atoms with Crippen LogP contribution in [-0.2, 0) is 0 Å². The number of hydrogen-bond donors (Lipinski definition) is 1. The van der Waals surface area contributed by atoms with Crippen LogP contribution < -0.4 is 5.11 Å². The summed E-state index contributed by atoms with van der Waals surface area (Å²) in [5.41, 5.74) is 0.923. The third-order valence-electron chi connectivity index (χ3n) is 2.24. The van der Waals surface area contributed by atoms with Crippen molar-refractivity contribution in [1.29, 1.82) is 0 Å². The van der Waals surface area contributed by atoms with Crippen molar-refractivity contribution < 1.29 is 15.0 Å². The molecule has 0 aliphatic heterocycles. The first-order chi connectivity index (χ1) is 8.66. The van der Waals surface area contributed by atoms with Crippen molar-refractivity contribution >= 4 is 17.9 Å². The Morgan fingerprint density at radius 2 is 2.22 bits per heavy atom. The van der Waals surface area contributed by atoms with Gasteiger partial charge in [0.05, 0.1) is 11.3 Å². The zero-order valence-electron chi connectivity index (χ0n) is 9.28. The number of rotatable bonds is 3. The van der Waals surface area contributed by atoms with Crippen molar-refractivity contribution in [2.45, 2.75) is 0 Å². The first kappa shape index (κ1) is 11.8. The standard InChI is InChI=1S/C13H10N2O3/c16-12-4-3-10(6-11(12)13(17)18)15-8-9-2-1-5-14-7-9/h1-8,16H,(H,17,18)/p-1. The molecule has 5 heteroatoms. The highest BCUT2D eigenvalue weighted by atomic mass is 16.4. The maximum absolute atomic E-state index is 11.2. The Morgan fingerprint density at radius 3 is 2.89 bits per heavy atom. The maximum atomic E-state index is 11.2. The molecule has 5 nitrogen and oxygen atoms in total. The number of aromatic nitrogens is 1. The molecule has 0 saturated carbocycles. The second kappa shape index (κ2) is 5.09. The van der Waals surface area contributed by atoms with Crippen LogP contribution in [0.3, 0.4) is 0 Å². The van der Waals surface area contributed by atoms with Gasteiger partial charge in [-0.05, 0) is 18.2 Å². The Kier molecular flexibility index (Phi) is 3.33. The molecule has 0 aliphatic carbocycles. The van der Waals surface area contributed by atoms with Crippen molar-refractivity contribution in [3.8, 4) is 5.75 Å². The Balaban J connectivity index is 2.28.